The number of rotatable bonds is 2. The summed E-state index contributed by atoms with van der Waals surface area (Å²) in [6.45, 7) is 18.2. The molecular weight excluding hydrogens is 216 g/mol. The molecule has 0 N–H and O–H groups in total. The molecular formula is C18H34. The van der Waals surface area contributed by atoms with Crippen LogP contribution in [0.2, 0.25) is 0 Å². The van der Waals surface area contributed by atoms with Gasteiger partial charge in [-0.2, -0.15) is 0 Å². The monoisotopic (exact) mass is 250 g/mol. The van der Waals surface area contributed by atoms with Gasteiger partial charge in [0.15, 0.2) is 0 Å². The maximum Gasteiger partial charge on any atom is -0.0238 e. The lowest BCUT2D eigenvalue weighted by molar-refractivity contribution is 0.979. The van der Waals surface area contributed by atoms with Gasteiger partial charge in [0, 0.05) is 0 Å². The van der Waals surface area contributed by atoms with Crippen LogP contribution in [-0.4, -0.2) is 0 Å². The zero-order valence-corrected chi connectivity index (χ0v) is 13.7. The summed E-state index contributed by atoms with van der Waals surface area (Å²) in [7, 11) is 0. The summed E-state index contributed by atoms with van der Waals surface area (Å²) in [5.41, 5.74) is 2.52. The quantitative estimate of drug-likeness (QED) is 0.469. The lowest BCUT2D eigenvalue weighted by Crippen LogP contribution is -1.88. The number of allylic oxidation sites excluding steroid dienone is 7. The summed E-state index contributed by atoms with van der Waals surface area (Å²) < 4.78 is 0. The Labute approximate surface area is 116 Å². The smallest absolute Gasteiger partial charge is 0.0238 e. The fourth-order valence-corrected chi connectivity index (χ4v) is 1.18. The molecule has 0 nitrogen and oxygen atoms in total. The molecule has 0 saturated heterocycles. The molecule has 0 atom stereocenters. The van der Waals surface area contributed by atoms with Crippen LogP contribution in [0.4, 0.5) is 0 Å². The van der Waals surface area contributed by atoms with E-state index in [0.29, 0.717) is 0 Å². The van der Waals surface area contributed by atoms with Gasteiger partial charge in [-0.25, -0.2) is 0 Å². The molecule has 0 aliphatic heterocycles. The minimum atomic E-state index is 1.14. The highest BCUT2D eigenvalue weighted by atomic mass is 14.0. The van der Waals surface area contributed by atoms with Crippen molar-refractivity contribution in [2.24, 2.45) is 0 Å². The molecule has 0 heterocycles. The molecule has 0 saturated carbocycles. The zero-order valence-electron chi connectivity index (χ0n) is 13.7. The summed E-state index contributed by atoms with van der Waals surface area (Å²) >= 11 is 0. The van der Waals surface area contributed by atoms with Crippen LogP contribution in [0.15, 0.2) is 48.1 Å². The first-order chi connectivity index (χ1) is 8.76. The molecule has 0 aromatic heterocycles. The highest BCUT2D eigenvalue weighted by Crippen LogP contribution is 2.19. The van der Waals surface area contributed by atoms with Crippen LogP contribution in [0.25, 0.3) is 0 Å². The maximum absolute atomic E-state index is 3.98. The van der Waals surface area contributed by atoms with E-state index < -0.39 is 0 Å². The fraction of sp³-hybridized carbons (Fsp3) is 0.556. The van der Waals surface area contributed by atoms with Crippen LogP contribution >= 0.6 is 0 Å². The largest absolute Gasteiger partial charge is 0.0915 e. The molecule has 1 aliphatic carbocycles. The lowest BCUT2D eigenvalue weighted by Gasteiger charge is -2.07. The van der Waals surface area contributed by atoms with Crippen molar-refractivity contribution in [2.45, 2.75) is 67.7 Å². The van der Waals surface area contributed by atoms with Crippen LogP contribution in [0.5, 0.6) is 0 Å². The first-order valence-electron chi connectivity index (χ1n) is 7.43. The van der Waals surface area contributed by atoms with Gasteiger partial charge in [0.1, 0.15) is 0 Å². The van der Waals surface area contributed by atoms with Crippen molar-refractivity contribution in [2.75, 3.05) is 0 Å². The molecule has 106 valence electrons. The van der Waals surface area contributed by atoms with Crippen molar-refractivity contribution < 1.29 is 0 Å². The topological polar surface area (TPSA) is 0 Å². The van der Waals surface area contributed by atoms with Crippen LogP contribution in [0, 0.1) is 0 Å². The molecule has 0 radical (unpaired) electrons. The molecule has 0 aromatic rings. The average Bonchev–Trinajstić information content (AvgIpc) is 2.45. The van der Waals surface area contributed by atoms with Crippen molar-refractivity contribution in [1.29, 1.82) is 0 Å². The third-order valence-corrected chi connectivity index (χ3v) is 1.79. The van der Waals surface area contributed by atoms with Crippen molar-refractivity contribution in [3.63, 3.8) is 0 Å². The average molecular weight is 250 g/mol. The summed E-state index contributed by atoms with van der Waals surface area (Å²) in [5.74, 6) is 0. The van der Waals surface area contributed by atoms with Crippen molar-refractivity contribution >= 4 is 0 Å². The highest BCUT2D eigenvalue weighted by Gasteiger charge is 1.99. The maximum atomic E-state index is 3.98. The molecule has 0 heteroatoms. The number of hydrogen-bond donors (Lipinski definition) is 0. The SMILES string of the molecule is C=C(/C=C\C)C1=CC=CCC1.CC.CC.CCC. The van der Waals surface area contributed by atoms with E-state index in [2.05, 4.69) is 44.7 Å². The zero-order chi connectivity index (χ0) is 14.8. The summed E-state index contributed by atoms with van der Waals surface area (Å²) in [6.07, 6.45) is 14.1. The van der Waals surface area contributed by atoms with Gasteiger partial charge < -0.3 is 0 Å². The predicted molar refractivity (Wildman–Crippen MR) is 89.1 cm³/mol. The second-order valence-electron chi connectivity index (χ2n) is 3.39. The Morgan fingerprint density at radius 1 is 1.22 bits per heavy atom. The van der Waals surface area contributed by atoms with E-state index in [1.54, 1.807) is 0 Å². The van der Waals surface area contributed by atoms with E-state index in [9.17, 15) is 0 Å². The Morgan fingerprint density at radius 3 is 2.06 bits per heavy atom. The molecule has 18 heavy (non-hydrogen) atoms. The van der Waals surface area contributed by atoms with Gasteiger partial charge in [-0.1, -0.05) is 84.9 Å². The Bertz CT molecular complexity index is 239. The van der Waals surface area contributed by atoms with Crippen LogP contribution in [-0.2, 0) is 0 Å². The Balaban J connectivity index is -0.000000274. The van der Waals surface area contributed by atoms with Gasteiger partial charge >= 0.3 is 0 Å². The van der Waals surface area contributed by atoms with E-state index in [0.717, 1.165) is 18.4 Å². The van der Waals surface area contributed by atoms with Crippen LogP contribution in [0.1, 0.15) is 67.7 Å². The summed E-state index contributed by atoms with van der Waals surface area (Å²) in [5, 5.41) is 0. The van der Waals surface area contributed by atoms with Crippen LogP contribution < -0.4 is 0 Å². The molecule has 0 spiro atoms. The molecule has 0 amide bonds. The van der Waals surface area contributed by atoms with Gasteiger partial charge in [-0.15, -0.1) is 0 Å². The molecule has 1 rings (SSSR count). The van der Waals surface area contributed by atoms with E-state index in [-0.39, 0.29) is 0 Å². The normalized spacial score (nSPS) is 12.1. The third kappa shape index (κ3) is 15.0. The first-order valence-corrected chi connectivity index (χ1v) is 7.43. The molecule has 0 aromatic carbocycles. The molecule has 0 unspecified atom stereocenters. The Kier molecular flexibility index (Phi) is 26.2. The molecule has 0 bridgehead atoms. The van der Waals surface area contributed by atoms with Gasteiger partial charge in [-0.05, 0) is 30.9 Å². The third-order valence-electron chi connectivity index (χ3n) is 1.79. The van der Waals surface area contributed by atoms with Gasteiger partial charge in [0.2, 0.25) is 0 Å². The Morgan fingerprint density at radius 2 is 1.72 bits per heavy atom. The minimum Gasteiger partial charge on any atom is -0.0915 e. The predicted octanol–water partition coefficient (Wildman–Crippen LogP) is 6.86. The highest BCUT2D eigenvalue weighted by molar-refractivity contribution is 5.40. The Hall–Kier alpha value is -1.04. The van der Waals surface area contributed by atoms with Crippen molar-refractivity contribution in [3.05, 3.63) is 48.1 Å². The van der Waals surface area contributed by atoms with Gasteiger partial charge in [0.25, 0.3) is 0 Å². The van der Waals surface area contributed by atoms with Crippen molar-refractivity contribution in [1.82, 2.24) is 0 Å². The molecule has 0 fully saturated rings. The second kappa shape index (κ2) is 21.3. The van der Waals surface area contributed by atoms with E-state index in [4.69, 9.17) is 0 Å². The minimum absolute atomic E-state index is 1.14. The van der Waals surface area contributed by atoms with E-state index in [1.165, 1.54) is 12.0 Å². The van der Waals surface area contributed by atoms with Crippen LogP contribution in [0.3, 0.4) is 0 Å². The summed E-state index contributed by atoms with van der Waals surface area (Å²) in [4.78, 5) is 0. The first kappa shape index (κ1) is 22.2. The van der Waals surface area contributed by atoms with Gasteiger partial charge in [0.05, 0.1) is 0 Å². The van der Waals surface area contributed by atoms with E-state index >= 15 is 0 Å². The summed E-state index contributed by atoms with van der Waals surface area (Å²) in [6, 6.07) is 0. The number of hydrogen-bond acceptors (Lipinski definition) is 0. The lowest BCUT2D eigenvalue weighted by atomic mass is 9.98. The fourth-order valence-electron chi connectivity index (χ4n) is 1.18. The second-order valence-corrected chi connectivity index (χ2v) is 3.39. The standard InChI is InChI=1S/C11H14.C3H8.2C2H6/c1-3-7-10(2)11-8-5-4-6-9-11;1-3-2;2*1-2/h3-5,7-8H,2,6,9H2,1H3;3H2,1-2H3;2*1-2H3/b7-3-;;;. The van der Waals surface area contributed by atoms with E-state index in [1.807, 2.05) is 40.7 Å². The van der Waals surface area contributed by atoms with Gasteiger partial charge in [-0.3, -0.25) is 0 Å². The molecule has 1 aliphatic rings. The van der Waals surface area contributed by atoms with Crippen molar-refractivity contribution in [3.8, 4) is 0 Å².